The monoisotopic (exact) mass is 271 g/mol. The summed E-state index contributed by atoms with van der Waals surface area (Å²) in [6, 6.07) is 0. The molecule has 0 aromatic heterocycles. The van der Waals surface area contributed by atoms with Gasteiger partial charge in [-0.15, -0.1) is 0 Å². The molecule has 0 radical (unpaired) electrons. The topological polar surface area (TPSA) is 27.7 Å². The van der Waals surface area contributed by atoms with E-state index in [-0.39, 0.29) is 0 Å². The maximum atomic E-state index is 5.79. The number of ether oxygens (including phenoxy) is 1. The standard InChI is InChI=1S/C15H33N3O/c1-4-15(5-2)19-14-6-7-16-8-9-18-12-10-17(3)11-13-18/h15-16H,4-14H2,1-3H3. The molecule has 0 atom stereocenters. The van der Waals surface area contributed by atoms with Crippen molar-refractivity contribution < 1.29 is 4.74 Å². The summed E-state index contributed by atoms with van der Waals surface area (Å²) in [7, 11) is 2.20. The zero-order valence-electron chi connectivity index (χ0n) is 13.2. The van der Waals surface area contributed by atoms with E-state index in [9.17, 15) is 0 Å². The molecule has 0 spiro atoms. The SMILES string of the molecule is CCC(CC)OCCCNCCN1CCN(C)CC1. The van der Waals surface area contributed by atoms with Crippen LogP contribution >= 0.6 is 0 Å². The Balaban J connectivity index is 1.86. The molecule has 19 heavy (non-hydrogen) atoms. The highest BCUT2D eigenvalue weighted by molar-refractivity contribution is 4.69. The Morgan fingerprint density at radius 2 is 1.74 bits per heavy atom. The van der Waals surface area contributed by atoms with E-state index in [0.717, 1.165) is 39.0 Å². The lowest BCUT2D eigenvalue weighted by Crippen LogP contribution is -2.46. The average Bonchev–Trinajstić information content (AvgIpc) is 2.44. The first kappa shape index (κ1) is 16.9. The molecule has 1 rings (SSSR count). The lowest BCUT2D eigenvalue weighted by Gasteiger charge is -2.32. The maximum absolute atomic E-state index is 5.79. The van der Waals surface area contributed by atoms with Crippen LogP contribution in [0.2, 0.25) is 0 Å². The lowest BCUT2D eigenvalue weighted by molar-refractivity contribution is 0.0468. The Morgan fingerprint density at radius 1 is 1.05 bits per heavy atom. The summed E-state index contributed by atoms with van der Waals surface area (Å²) in [5.74, 6) is 0. The molecule has 1 aliphatic rings. The van der Waals surface area contributed by atoms with Crippen molar-refractivity contribution in [1.29, 1.82) is 0 Å². The van der Waals surface area contributed by atoms with Crippen LogP contribution in [0, 0.1) is 0 Å². The van der Waals surface area contributed by atoms with Crippen LogP contribution in [0.25, 0.3) is 0 Å². The van der Waals surface area contributed by atoms with Crippen LogP contribution in [0.1, 0.15) is 33.1 Å². The summed E-state index contributed by atoms with van der Waals surface area (Å²) in [4.78, 5) is 4.95. The molecular weight excluding hydrogens is 238 g/mol. The zero-order valence-corrected chi connectivity index (χ0v) is 13.2. The van der Waals surface area contributed by atoms with Gasteiger partial charge in [0.1, 0.15) is 0 Å². The fourth-order valence-corrected chi connectivity index (χ4v) is 2.41. The van der Waals surface area contributed by atoms with Crippen molar-refractivity contribution in [3.05, 3.63) is 0 Å². The molecule has 1 aliphatic heterocycles. The van der Waals surface area contributed by atoms with Crippen LogP contribution in [0.4, 0.5) is 0 Å². The highest BCUT2D eigenvalue weighted by Gasteiger charge is 2.12. The molecule has 4 nitrogen and oxygen atoms in total. The quantitative estimate of drug-likeness (QED) is 0.608. The second-order valence-electron chi connectivity index (χ2n) is 5.56. The summed E-state index contributed by atoms with van der Waals surface area (Å²) < 4.78 is 5.79. The number of nitrogens with zero attached hydrogens (tertiary/aromatic N) is 2. The third-order valence-corrected chi connectivity index (χ3v) is 3.96. The van der Waals surface area contributed by atoms with E-state index >= 15 is 0 Å². The molecule has 0 aliphatic carbocycles. The second-order valence-corrected chi connectivity index (χ2v) is 5.56. The minimum absolute atomic E-state index is 0.463. The molecule has 0 saturated carbocycles. The highest BCUT2D eigenvalue weighted by Crippen LogP contribution is 2.02. The van der Waals surface area contributed by atoms with E-state index in [2.05, 4.69) is 36.0 Å². The van der Waals surface area contributed by atoms with E-state index in [0.29, 0.717) is 6.10 Å². The Bertz CT molecular complexity index is 202. The first-order valence-electron chi connectivity index (χ1n) is 7.99. The number of hydrogen-bond donors (Lipinski definition) is 1. The Morgan fingerprint density at radius 3 is 2.37 bits per heavy atom. The second kappa shape index (κ2) is 10.6. The van der Waals surface area contributed by atoms with Crippen molar-refractivity contribution in [1.82, 2.24) is 15.1 Å². The van der Waals surface area contributed by atoms with Crippen LogP contribution < -0.4 is 5.32 Å². The number of likely N-dealkylation sites (N-methyl/N-ethyl adjacent to an activating group) is 1. The van der Waals surface area contributed by atoms with E-state index < -0.39 is 0 Å². The third kappa shape index (κ3) is 7.88. The third-order valence-electron chi connectivity index (χ3n) is 3.96. The number of piperazine rings is 1. The fourth-order valence-electron chi connectivity index (χ4n) is 2.41. The van der Waals surface area contributed by atoms with Gasteiger partial charge < -0.3 is 15.0 Å². The van der Waals surface area contributed by atoms with Gasteiger partial charge in [0.05, 0.1) is 6.10 Å². The van der Waals surface area contributed by atoms with Crippen LogP contribution in [0.15, 0.2) is 0 Å². The van der Waals surface area contributed by atoms with Crippen molar-refractivity contribution >= 4 is 0 Å². The minimum atomic E-state index is 0.463. The smallest absolute Gasteiger partial charge is 0.0569 e. The number of hydrogen-bond acceptors (Lipinski definition) is 4. The normalized spacial score (nSPS) is 18.3. The predicted octanol–water partition coefficient (Wildman–Crippen LogP) is 1.42. The Kier molecular flexibility index (Phi) is 9.43. The molecule has 1 heterocycles. The van der Waals surface area contributed by atoms with Gasteiger partial charge in [0.15, 0.2) is 0 Å². The van der Waals surface area contributed by atoms with E-state index in [1.807, 2.05) is 0 Å². The van der Waals surface area contributed by atoms with Crippen molar-refractivity contribution in [2.45, 2.75) is 39.2 Å². The van der Waals surface area contributed by atoms with Crippen LogP contribution in [0.5, 0.6) is 0 Å². The van der Waals surface area contributed by atoms with E-state index in [1.54, 1.807) is 0 Å². The summed E-state index contributed by atoms with van der Waals surface area (Å²) in [6.45, 7) is 13.5. The first-order valence-corrected chi connectivity index (χ1v) is 7.99. The lowest BCUT2D eigenvalue weighted by atomic mass is 10.2. The molecule has 0 aromatic carbocycles. The van der Waals surface area contributed by atoms with Crippen molar-refractivity contribution in [3.8, 4) is 0 Å². The van der Waals surface area contributed by atoms with Gasteiger partial charge in [0.2, 0.25) is 0 Å². The minimum Gasteiger partial charge on any atom is -0.378 e. The molecule has 1 saturated heterocycles. The van der Waals surface area contributed by atoms with Crippen LogP contribution in [-0.4, -0.2) is 75.4 Å². The molecule has 1 N–H and O–H groups in total. The van der Waals surface area contributed by atoms with Gasteiger partial charge in [-0.2, -0.15) is 0 Å². The molecular formula is C15H33N3O. The molecule has 4 heteroatoms. The number of nitrogens with one attached hydrogen (secondary N) is 1. The zero-order chi connectivity index (χ0) is 13.9. The van der Waals surface area contributed by atoms with Crippen molar-refractivity contribution in [2.75, 3.05) is 59.5 Å². The summed E-state index contributed by atoms with van der Waals surface area (Å²) in [5.41, 5.74) is 0. The van der Waals surface area contributed by atoms with Gasteiger partial charge in [-0.25, -0.2) is 0 Å². The molecule has 0 amide bonds. The number of rotatable bonds is 10. The molecule has 0 aromatic rings. The van der Waals surface area contributed by atoms with Gasteiger partial charge >= 0.3 is 0 Å². The Hall–Kier alpha value is -0.160. The average molecular weight is 271 g/mol. The van der Waals surface area contributed by atoms with Gasteiger partial charge in [0.25, 0.3) is 0 Å². The van der Waals surface area contributed by atoms with Crippen molar-refractivity contribution in [3.63, 3.8) is 0 Å². The van der Waals surface area contributed by atoms with Gasteiger partial charge in [0, 0.05) is 45.9 Å². The molecule has 0 bridgehead atoms. The molecule has 0 unspecified atom stereocenters. The summed E-state index contributed by atoms with van der Waals surface area (Å²) >= 11 is 0. The highest BCUT2D eigenvalue weighted by atomic mass is 16.5. The first-order chi connectivity index (χ1) is 9.26. The van der Waals surface area contributed by atoms with Crippen molar-refractivity contribution in [2.24, 2.45) is 0 Å². The van der Waals surface area contributed by atoms with E-state index in [1.165, 1.54) is 32.7 Å². The van der Waals surface area contributed by atoms with Crippen LogP contribution in [-0.2, 0) is 4.74 Å². The predicted molar refractivity (Wildman–Crippen MR) is 81.7 cm³/mol. The van der Waals surface area contributed by atoms with Crippen LogP contribution in [0.3, 0.4) is 0 Å². The van der Waals surface area contributed by atoms with Gasteiger partial charge in [-0.1, -0.05) is 13.8 Å². The largest absolute Gasteiger partial charge is 0.378 e. The van der Waals surface area contributed by atoms with Gasteiger partial charge in [-0.3, -0.25) is 4.90 Å². The molecule has 114 valence electrons. The molecule has 1 fully saturated rings. The van der Waals surface area contributed by atoms with Gasteiger partial charge in [-0.05, 0) is 32.9 Å². The summed E-state index contributed by atoms with van der Waals surface area (Å²) in [5, 5.41) is 3.52. The fraction of sp³-hybridized carbons (Fsp3) is 1.00. The maximum Gasteiger partial charge on any atom is 0.0569 e. The van der Waals surface area contributed by atoms with E-state index in [4.69, 9.17) is 4.74 Å². The summed E-state index contributed by atoms with van der Waals surface area (Å²) in [6.07, 6.45) is 3.85. The Labute approximate surface area is 119 Å².